The van der Waals surface area contributed by atoms with Crippen LogP contribution in [0.15, 0.2) is 0 Å². The number of hydrogen-bond acceptors (Lipinski definition) is 4. The van der Waals surface area contributed by atoms with Gasteiger partial charge in [-0.05, 0) is 38.5 Å². The third kappa shape index (κ3) is 4.17. The van der Waals surface area contributed by atoms with Gasteiger partial charge in [0, 0.05) is 44.1 Å². The van der Waals surface area contributed by atoms with E-state index in [0.717, 1.165) is 25.7 Å². The molecule has 3 aliphatic heterocycles. The monoisotopic (exact) mass is 432 g/mol. The number of piperidine rings is 2. The predicted octanol–water partition coefficient (Wildman–Crippen LogP) is 2.13. The van der Waals surface area contributed by atoms with Gasteiger partial charge in [-0.25, -0.2) is 4.79 Å². The first-order valence-corrected chi connectivity index (χ1v) is 12.1. The van der Waals surface area contributed by atoms with Crippen LogP contribution in [-0.2, 0) is 14.4 Å². The molecule has 0 atom stereocenters. The molecular formula is C23H36N4O4. The number of nitrogens with one attached hydrogen (secondary N) is 1. The molecule has 3 heterocycles. The molecule has 172 valence electrons. The number of imide groups is 1. The van der Waals surface area contributed by atoms with Crippen molar-refractivity contribution in [3.05, 3.63) is 0 Å². The number of carbonyl (C=O) groups is 4. The van der Waals surface area contributed by atoms with Gasteiger partial charge in [0.15, 0.2) is 0 Å². The Morgan fingerprint density at radius 3 is 2.10 bits per heavy atom. The summed E-state index contributed by atoms with van der Waals surface area (Å²) in [5, 5.41) is 2.96. The molecule has 8 heteroatoms. The van der Waals surface area contributed by atoms with E-state index in [1.165, 1.54) is 11.3 Å². The van der Waals surface area contributed by atoms with E-state index in [4.69, 9.17) is 0 Å². The Bertz CT molecular complexity index is 730. The zero-order valence-corrected chi connectivity index (χ0v) is 18.9. The van der Waals surface area contributed by atoms with Crippen LogP contribution < -0.4 is 5.32 Å². The van der Waals surface area contributed by atoms with Crippen molar-refractivity contribution < 1.29 is 19.2 Å². The number of hydrogen-bond donors (Lipinski definition) is 1. The molecule has 0 unspecified atom stereocenters. The van der Waals surface area contributed by atoms with Gasteiger partial charge >= 0.3 is 6.03 Å². The smallest absolute Gasteiger partial charge is 0.325 e. The summed E-state index contributed by atoms with van der Waals surface area (Å²) >= 11 is 0. The van der Waals surface area contributed by atoms with Crippen LogP contribution in [0.2, 0.25) is 0 Å². The van der Waals surface area contributed by atoms with Crippen LogP contribution in [-0.4, -0.2) is 76.2 Å². The molecule has 0 bridgehead atoms. The van der Waals surface area contributed by atoms with Gasteiger partial charge in [0.2, 0.25) is 11.8 Å². The van der Waals surface area contributed by atoms with Gasteiger partial charge in [0.1, 0.15) is 5.54 Å². The van der Waals surface area contributed by atoms with Gasteiger partial charge in [0.05, 0.1) is 0 Å². The first kappa shape index (κ1) is 22.1. The van der Waals surface area contributed by atoms with Crippen molar-refractivity contribution >= 4 is 23.8 Å². The molecule has 0 aromatic heterocycles. The molecule has 31 heavy (non-hydrogen) atoms. The van der Waals surface area contributed by atoms with Gasteiger partial charge in [-0.1, -0.05) is 33.1 Å². The Labute approximate surface area is 184 Å². The second kappa shape index (κ2) is 8.79. The Balaban J connectivity index is 1.34. The number of nitrogens with zero attached hydrogens (tertiary/aromatic N) is 3. The lowest BCUT2D eigenvalue weighted by atomic mass is 9.86. The summed E-state index contributed by atoms with van der Waals surface area (Å²) in [5.41, 5.74) is -0.875. The lowest BCUT2D eigenvalue weighted by molar-refractivity contribution is -0.142. The predicted molar refractivity (Wildman–Crippen MR) is 115 cm³/mol. The average Bonchev–Trinajstić information content (AvgIpc) is 3.03. The first-order chi connectivity index (χ1) is 14.8. The summed E-state index contributed by atoms with van der Waals surface area (Å²) < 4.78 is 0. The van der Waals surface area contributed by atoms with Crippen molar-refractivity contribution in [3.63, 3.8) is 0 Å². The molecule has 0 aromatic carbocycles. The van der Waals surface area contributed by atoms with Crippen molar-refractivity contribution in [1.82, 2.24) is 20.0 Å². The minimum absolute atomic E-state index is 0.0686. The highest BCUT2D eigenvalue weighted by Crippen LogP contribution is 2.34. The number of carbonyl (C=O) groups excluding carboxylic acids is 4. The van der Waals surface area contributed by atoms with E-state index in [0.29, 0.717) is 51.9 Å². The van der Waals surface area contributed by atoms with E-state index in [1.807, 2.05) is 18.7 Å². The van der Waals surface area contributed by atoms with Crippen molar-refractivity contribution in [2.75, 3.05) is 26.2 Å². The molecule has 0 radical (unpaired) electrons. The van der Waals surface area contributed by atoms with Gasteiger partial charge in [-0.15, -0.1) is 0 Å². The van der Waals surface area contributed by atoms with Crippen LogP contribution >= 0.6 is 0 Å². The number of rotatable bonds is 3. The van der Waals surface area contributed by atoms with Gasteiger partial charge < -0.3 is 15.1 Å². The molecule has 3 saturated heterocycles. The molecule has 1 spiro atoms. The maximum Gasteiger partial charge on any atom is 0.325 e. The van der Waals surface area contributed by atoms with E-state index in [2.05, 4.69) is 5.32 Å². The Morgan fingerprint density at radius 1 is 0.903 bits per heavy atom. The van der Waals surface area contributed by atoms with Crippen LogP contribution in [0.25, 0.3) is 0 Å². The second-order valence-electron chi connectivity index (χ2n) is 10.1. The van der Waals surface area contributed by atoms with Crippen molar-refractivity contribution in [1.29, 1.82) is 0 Å². The zero-order valence-electron chi connectivity index (χ0n) is 18.9. The fraction of sp³-hybridized carbons (Fsp3) is 0.826. The molecule has 0 aromatic rings. The molecule has 1 N–H and O–H groups in total. The first-order valence-electron chi connectivity index (χ1n) is 12.1. The number of amides is 5. The standard InChI is InChI=1S/C23H36N4O4/c1-16(2)19(28)26-14-10-23(11-15-26)21(30)27(22(31)24-23)18-8-12-25(13-9-18)20(29)17-6-4-3-5-7-17/h16-18H,3-15H2,1-2H3,(H,24,31). The van der Waals surface area contributed by atoms with Crippen molar-refractivity contribution in [3.8, 4) is 0 Å². The van der Waals surface area contributed by atoms with Gasteiger partial charge in [-0.3, -0.25) is 19.3 Å². The van der Waals surface area contributed by atoms with Crippen molar-refractivity contribution in [2.24, 2.45) is 11.8 Å². The Hall–Kier alpha value is -2.12. The molecule has 8 nitrogen and oxygen atoms in total. The number of urea groups is 1. The summed E-state index contributed by atoms with van der Waals surface area (Å²) in [4.78, 5) is 56.3. The summed E-state index contributed by atoms with van der Waals surface area (Å²) in [5.74, 6) is 0.295. The van der Waals surface area contributed by atoms with Crippen LogP contribution in [0.1, 0.15) is 71.6 Å². The average molecular weight is 433 g/mol. The summed E-state index contributed by atoms with van der Waals surface area (Å²) in [6, 6.07) is -0.469. The van der Waals surface area contributed by atoms with E-state index in [1.54, 1.807) is 4.90 Å². The molecule has 4 fully saturated rings. The van der Waals surface area contributed by atoms with Gasteiger partial charge in [0.25, 0.3) is 5.91 Å². The molecular weight excluding hydrogens is 396 g/mol. The highest BCUT2D eigenvalue weighted by atomic mass is 16.2. The summed E-state index contributed by atoms with van der Waals surface area (Å²) in [6.07, 6.45) is 7.70. The Kier molecular flexibility index (Phi) is 6.26. The number of likely N-dealkylation sites (tertiary alicyclic amines) is 2. The normalized spacial score (nSPS) is 25.5. The highest BCUT2D eigenvalue weighted by molar-refractivity contribution is 6.07. The molecule has 4 aliphatic rings. The van der Waals surface area contributed by atoms with E-state index >= 15 is 0 Å². The molecule has 1 aliphatic carbocycles. The highest BCUT2D eigenvalue weighted by Gasteiger charge is 2.54. The third-order valence-corrected chi connectivity index (χ3v) is 7.71. The van der Waals surface area contributed by atoms with Gasteiger partial charge in [-0.2, -0.15) is 0 Å². The topological polar surface area (TPSA) is 90.0 Å². The zero-order chi connectivity index (χ0) is 22.2. The fourth-order valence-electron chi connectivity index (χ4n) is 5.74. The minimum atomic E-state index is -0.875. The summed E-state index contributed by atoms with van der Waals surface area (Å²) in [7, 11) is 0. The summed E-state index contributed by atoms with van der Waals surface area (Å²) in [6.45, 7) is 5.96. The van der Waals surface area contributed by atoms with Crippen LogP contribution in [0.3, 0.4) is 0 Å². The van der Waals surface area contributed by atoms with Crippen LogP contribution in [0.4, 0.5) is 4.79 Å². The maximum absolute atomic E-state index is 13.3. The minimum Gasteiger partial charge on any atom is -0.342 e. The van der Waals surface area contributed by atoms with Crippen LogP contribution in [0.5, 0.6) is 0 Å². The fourth-order valence-corrected chi connectivity index (χ4v) is 5.74. The lowest BCUT2D eigenvalue weighted by Gasteiger charge is -2.39. The van der Waals surface area contributed by atoms with E-state index < -0.39 is 5.54 Å². The molecule has 1 saturated carbocycles. The molecule has 4 rings (SSSR count). The quantitative estimate of drug-likeness (QED) is 0.692. The molecule has 5 amide bonds. The van der Waals surface area contributed by atoms with E-state index in [9.17, 15) is 19.2 Å². The largest absolute Gasteiger partial charge is 0.342 e. The third-order valence-electron chi connectivity index (χ3n) is 7.71. The van der Waals surface area contributed by atoms with Crippen molar-refractivity contribution in [2.45, 2.75) is 83.2 Å². The Morgan fingerprint density at radius 2 is 1.52 bits per heavy atom. The van der Waals surface area contributed by atoms with E-state index in [-0.39, 0.29) is 41.6 Å². The lowest BCUT2D eigenvalue weighted by Crippen LogP contribution is -2.57. The maximum atomic E-state index is 13.3. The second-order valence-corrected chi connectivity index (χ2v) is 10.1. The SMILES string of the molecule is CC(C)C(=O)N1CCC2(CC1)NC(=O)N(C1CCN(C(=O)C3CCCCC3)CC1)C2=O. The van der Waals surface area contributed by atoms with Crippen LogP contribution in [0, 0.1) is 11.8 Å².